The number of aromatic nitrogens is 4. The molecule has 0 saturated carbocycles. The van der Waals surface area contributed by atoms with Crippen LogP contribution in [-0.2, 0) is 0 Å². The normalized spacial score (nSPS) is 10.8. The van der Waals surface area contributed by atoms with Gasteiger partial charge in [-0.2, -0.15) is 10.2 Å². The van der Waals surface area contributed by atoms with E-state index >= 15 is 0 Å². The van der Waals surface area contributed by atoms with Gasteiger partial charge in [-0.1, -0.05) is 24.3 Å². The molecule has 0 unspecified atom stereocenters. The smallest absolute Gasteiger partial charge is 0.183 e. The molecule has 2 heterocycles. The van der Waals surface area contributed by atoms with E-state index in [0.717, 1.165) is 20.2 Å². The summed E-state index contributed by atoms with van der Waals surface area (Å²) in [6, 6.07) is 8.01. The van der Waals surface area contributed by atoms with Gasteiger partial charge < -0.3 is 0 Å². The first kappa shape index (κ1) is 9.71. The van der Waals surface area contributed by atoms with E-state index < -0.39 is 0 Å². The van der Waals surface area contributed by atoms with Gasteiger partial charge in [-0.3, -0.25) is 0 Å². The van der Waals surface area contributed by atoms with Gasteiger partial charge in [0, 0.05) is 17.0 Å². The van der Waals surface area contributed by atoms with Gasteiger partial charge in [0.05, 0.1) is 16.0 Å². The molecule has 0 saturated heterocycles. The van der Waals surface area contributed by atoms with E-state index in [4.69, 9.17) is 0 Å². The molecule has 0 fully saturated rings. The zero-order chi connectivity index (χ0) is 11.0. The minimum absolute atomic E-state index is 0.765. The van der Waals surface area contributed by atoms with Crippen molar-refractivity contribution in [3.63, 3.8) is 0 Å². The van der Waals surface area contributed by atoms with Crippen LogP contribution in [0.4, 0.5) is 0 Å². The largest absolute Gasteiger partial charge is 0.219 e. The molecule has 78 valence electrons. The Morgan fingerprint density at radius 2 is 2.00 bits per heavy atom. The van der Waals surface area contributed by atoms with Crippen molar-refractivity contribution in [3.05, 3.63) is 46.4 Å². The molecule has 0 aliphatic heterocycles. The topological polar surface area (TPSA) is 43.6 Å². The van der Waals surface area contributed by atoms with E-state index in [0.29, 0.717) is 0 Å². The zero-order valence-corrected chi connectivity index (χ0v) is 10.4. The summed E-state index contributed by atoms with van der Waals surface area (Å²) < 4.78 is 2.82. The van der Waals surface area contributed by atoms with Crippen LogP contribution in [0.25, 0.3) is 16.6 Å². The van der Waals surface area contributed by atoms with E-state index in [9.17, 15) is 0 Å². The first-order chi connectivity index (χ1) is 7.84. The fraction of sp³-hybridized carbons (Fsp3) is 0. The molecule has 3 aromatic rings. The lowest BCUT2D eigenvalue weighted by atomic mass is 10.2. The first-order valence-corrected chi connectivity index (χ1v) is 5.83. The third-order valence-electron chi connectivity index (χ3n) is 2.32. The third kappa shape index (κ3) is 1.57. The second-order valence-electron chi connectivity index (χ2n) is 3.36. The highest BCUT2D eigenvalue weighted by Gasteiger charge is 2.05. The molecule has 0 radical (unpaired) electrons. The minimum atomic E-state index is 0.765. The third-order valence-corrected chi connectivity index (χ3v) is 2.88. The van der Waals surface area contributed by atoms with Crippen LogP contribution in [0.3, 0.4) is 0 Å². The molecular weight excluding hydrogens is 315 g/mol. The standard InChI is InChI=1S/C11H7IN4/c12-9-6-14-16(7-9)11-10-4-2-1-3-8(10)5-13-15-11/h1-7H. The van der Waals surface area contributed by atoms with Gasteiger partial charge in [0.1, 0.15) is 0 Å². The van der Waals surface area contributed by atoms with E-state index in [-0.39, 0.29) is 0 Å². The summed E-state index contributed by atoms with van der Waals surface area (Å²) in [5.74, 6) is 0.765. The van der Waals surface area contributed by atoms with Crippen LogP contribution < -0.4 is 0 Å². The van der Waals surface area contributed by atoms with E-state index in [1.165, 1.54) is 0 Å². The van der Waals surface area contributed by atoms with Crippen LogP contribution in [0, 0.1) is 3.57 Å². The van der Waals surface area contributed by atoms with Gasteiger partial charge >= 0.3 is 0 Å². The quantitative estimate of drug-likeness (QED) is 0.646. The van der Waals surface area contributed by atoms with E-state index in [2.05, 4.69) is 37.9 Å². The van der Waals surface area contributed by atoms with Crippen LogP contribution >= 0.6 is 22.6 Å². The number of benzene rings is 1. The number of hydrogen-bond donors (Lipinski definition) is 0. The lowest BCUT2D eigenvalue weighted by Gasteiger charge is -2.03. The fourth-order valence-corrected chi connectivity index (χ4v) is 1.99. The molecule has 0 aliphatic rings. The first-order valence-electron chi connectivity index (χ1n) is 4.75. The number of halogens is 1. The minimum Gasteiger partial charge on any atom is -0.219 e. The molecule has 0 atom stereocenters. The predicted octanol–water partition coefficient (Wildman–Crippen LogP) is 2.42. The molecule has 1 aromatic carbocycles. The molecular formula is C11H7IN4. The highest BCUT2D eigenvalue weighted by molar-refractivity contribution is 14.1. The summed E-state index contributed by atoms with van der Waals surface area (Å²) >= 11 is 2.22. The second kappa shape index (κ2) is 3.82. The molecule has 2 aromatic heterocycles. The molecule has 0 amide bonds. The summed E-state index contributed by atoms with van der Waals surface area (Å²) in [6.07, 6.45) is 5.48. The van der Waals surface area contributed by atoms with Gasteiger partial charge in [-0.25, -0.2) is 4.68 Å². The second-order valence-corrected chi connectivity index (χ2v) is 4.60. The molecule has 0 spiro atoms. The van der Waals surface area contributed by atoms with Crippen LogP contribution in [0.1, 0.15) is 0 Å². The summed E-state index contributed by atoms with van der Waals surface area (Å²) in [6.45, 7) is 0. The molecule has 3 rings (SSSR count). The molecule has 0 N–H and O–H groups in total. The molecule has 0 aliphatic carbocycles. The molecule has 0 bridgehead atoms. The van der Waals surface area contributed by atoms with Crippen molar-refractivity contribution in [2.24, 2.45) is 0 Å². The van der Waals surface area contributed by atoms with E-state index in [1.54, 1.807) is 17.1 Å². The summed E-state index contributed by atoms with van der Waals surface area (Å²) in [4.78, 5) is 0. The summed E-state index contributed by atoms with van der Waals surface area (Å²) in [7, 11) is 0. The highest BCUT2D eigenvalue weighted by Crippen LogP contribution is 2.18. The molecule has 5 heteroatoms. The average molecular weight is 322 g/mol. The average Bonchev–Trinajstić information content (AvgIpc) is 2.75. The summed E-state index contributed by atoms with van der Waals surface area (Å²) in [5, 5.41) is 14.5. The van der Waals surface area contributed by atoms with Gasteiger partial charge in [-0.05, 0) is 22.6 Å². The van der Waals surface area contributed by atoms with Crippen LogP contribution in [0.2, 0.25) is 0 Å². The van der Waals surface area contributed by atoms with Crippen molar-refractivity contribution in [2.75, 3.05) is 0 Å². The van der Waals surface area contributed by atoms with Crippen molar-refractivity contribution in [1.82, 2.24) is 20.0 Å². The van der Waals surface area contributed by atoms with Crippen molar-refractivity contribution >= 4 is 33.4 Å². The van der Waals surface area contributed by atoms with Crippen LogP contribution in [-0.4, -0.2) is 20.0 Å². The van der Waals surface area contributed by atoms with Gasteiger partial charge in [0.25, 0.3) is 0 Å². The van der Waals surface area contributed by atoms with Crippen LogP contribution in [0.5, 0.6) is 0 Å². The lowest BCUT2D eigenvalue weighted by Crippen LogP contribution is -2.00. The van der Waals surface area contributed by atoms with Gasteiger partial charge in [-0.15, -0.1) is 5.10 Å². The highest BCUT2D eigenvalue weighted by atomic mass is 127. The maximum Gasteiger partial charge on any atom is 0.183 e. The van der Waals surface area contributed by atoms with Crippen molar-refractivity contribution < 1.29 is 0 Å². The van der Waals surface area contributed by atoms with Crippen molar-refractivity contribution in [2.45, 2.75) is 0 Å². The monoisotopic (exact) mass is 322 g/mol. The Bertz CT molecular complexity index is 642. The molecule has 4 nitrogen and oxygen atoms in total. The Kier molecular flexibility index (Phi) is 2.32. The fourth-order valence-electron chi connectivity index (χ4n) is 1.60. The number of fused-ring (bicyclic) bond motifs is 1. The summed E-state index contributed by atoms with van der Waals surface area (Å²) in [5.41, 5.74) is 0. The van der Waals surface area contributed by atoms with Crippen molar-refractivity contribution in [3.8, 4) is 5.82 Å². The Morgan fingerprint density at radius 3 is 2.81 bits per heavy atom. The maximum atomic E-state index is 4.24. The Hall–Kier alpha value is -1.50. The lowest BCUT2D eigenvalue weighted by molar-refractivity contribution is 0.825. The van der Waals surface area contributed by atoms with E-state index in [1.807, 2.05) is 30.5 Å². The number of hydrogen-bond acceptors (Lipinski definition) is 3. The SMILES string of the molecule is Ic1cnn(-c2nncc3ccccc23)c1. The number of rotatable bonds is 1. The predicted molar refractivity (Wildman–Crippen MR) is 69.4 cm³/mol. The van der Waals surface area contributed by atoms with Crippen molar-refractivity contribution in [1.29, 1.82) is 0 Å². The number of nitrogens with zero attached hydrogens (tertiary/aromatic N) is 4. The van der Waals surface area contributed by atoms with Gasteiger partial charge in [0.2, 0.25) is 0 Å². The Morgan fingerprint density at radius 1 is 1.12 bits per heavy atom. The zero-order valence-electron chi connectivity index (χ0n) is 8.21. The molecule has 16 heavy (non-hydrogen) atoms. The Balaban J connectivity index is 2.31. The maximum absolute atomic E-state index is 4.24. The van der Waals surface area contributed by atoms with Gasteiger partial charge in [0.15, 0.2) is 5.82 Å². The van der Waals surface area contributed by atoms with Crippen LogP contribution in [0.15, 0.2) is 42.9 Å². The Labute approximate surface area is 105 Å².